The smallest absolute Gasteiger partial charge is 0.277 e. The van der Waals surface area contributed by atoms with E-state index in [-0.39, 0.29) is 5.56 Å². The van der Waals surface area contributed by atoms with Crippen molar-refractivity contribution in [3.63, 3.8) is 0 Å². The Labute approximate surface area is 156 Å². The average molecular weight is 386 g/mol. The Balaban J connectivity index is 1.54. The van der Waals surface area contributed by atoms with Crippen LogP contribution in [0.5, 0.6) is 5.75 Å². The summed E-state index contributed by atoms with van der Waals surface area (Å²) in [6.45, 7) is 1.89. The molecule has 0 atom stereocenters. The fourth-order valence-corrected chi connectivity index (χ4v) is 4.06. The standard InChI is InChI=1S/C17H14N4O3S2/c1-10-8-25-16-18-11(7-14(22)21(10)16)9-26-17-20-19-15(24-17)12-5-3-4-6-13(12)23-2/h3-8H,9H2,1-2H3. The number of rotatable bonds is 5. The molecular formula is C17H14N4O3S2. The Bertz CT molecular complexity index is 1130. The lowest BCUT2D eigenvalue weighted by Gasteiger charge is -2.03. The number of fused-ring (bicyclic) bond motifs is 1. The molecule has 0 fully saturated rings. The van der Waals surface area contributed by atoms with E-state index in [4.69, 9.17) is 9.15 Å². The number of para-hydroxylation sites is 1. The molecule has 0 saturated heterocycles. The third kappa shape index (κ3) is 3.11. The first kappa shape index (κ1) is 16.8. The molecule has 7 nitrogen and oxygen atoms in total. The summed E-state index contributed by atoms with van der Waals surface area (Å²) in [6, 6.07) is 8.99. The fraction of sp³-hybridized carbons (Fsp3) is 0.176. The molecule has 132 valence electrons. The van der Waals surface area contributed by atoms with Gasteiger partial charge in [0, 0.05) is 22.9 Å². The first-order chi connectivity index (χ1) is 12.7. The third-order valence-corrected chi connectivity index (χ3v) is 5.51. The summed E-state index contributed by atoms with van der Waals surface area (Å²) in [7, 11) is 1.59. The van der Waals surface area contributed by atoms with Crippen molar-refractivity contribution < 1.29 is 9.15 Å². The Kier molecular flexibility index (Phi) is 4.48. The molecule has 4 aromatic rings. The Hall–Kier alpha value is -2.65. The summed E-state index contributed by atoms with van der Waals surface area (Å²) in [5, 5.41) is 10.5. The summed E-state index contributed by atoms with van der Waals surface area (Å²) >= 11 is 2.79. The quantitative estimate of drug-likeness (QED) is 0.486. The van der Waals surface area contributed by atoms with Gasteiger partial charge < -0.3 is 9.15 Å². The third-order valence-electron chi connectivity index (χ3n) is 3.72. The first-order valence-electron chi connectivity index (χ1n) is 7.72. The molecule has 0 saturated carbocycles. The summed E-state index contributed by atoms with van der Waals surface area (Å²) in [5.41, 5.74) is 2.23. The van der Waals surface area contributed by atoms with Crippen molar-refractivity contribution in [2.45, 2.75) is 17.9 Å². The van der Waals surface area contributed by atoms with Gasteiger partial charge in [-0.25, -0.2) is 4.98 Å². The van der Waals surface area contributed by atoms with Crippen molar-refractivity contribution in [2.75, 3.05) is 7.11 Å². The highest BCUT2D eigenvalue weighted by atomic mass is 32.2. The van der Waals surface area contributed by atoms with Crippen LogP contribution in [0, 0.1) is 6.92 Å². The zero-order valence-electron chi connectivity index (χ0n) is 14.0. The lowest BCUT2D eigenvalue weighted by atomic mass is 10.2. The number of methoxy groups -OCH3 is 1. The van der Waals surface area contributed by atoms with Gasteiger partial charge in [0.1, 0.15) is 5.75 Å². The molecule has 3 aromatic heterocycles. The molecule has 0 amide bonds. The molecule has 0 aliphatic heterocycles. The summed E-state index contributed by atoms with van der Waals surface area (Å²) in [6.07, 6.45) is 0. The fourth-order valence-electron chi connectivity index (χ4n) is 2.51. The van der Waals surface area contributed by atoms with Crippen molar-refractivity contribution >= 4 is 28.1 Å². The van der Waals surface area contributed by atoms with Crippen LogP contribution in [0.3, 0.4) is 0 Å². The highest BCUT2D eigenvalue weighted by Gasteiger charge is 2.14. The zero-order valence-corrected chi connectivity index (χ0v) is 15.6. The topological polar surface area (TPSA) is 82.5 Å². The summed E-state index contributed by atoms with van der Waals surface area (Å²) in [4.78, 5) is 17.4. The number of nitrogens with zero attached hydrogens (tertiary/aromatic N) is 4. The molecular weight excluding hydrogens is 372 g/mol. The molecule has 0 aliphatic rings. The summed E-state index contributed by atoms with van der Waals surface area (Å²) < 4.78 is 12.6. The van der Waals surface area contributed by atoms with Crippen LogP contribution in [0.1, 0.15) is 11.4 Å². The molecule has 9 heteroatoms. The largest absolute Gasteiger partial charge is 0.496 e. The molecule has 0 bridgehead atoms. The van der Waals surface area contributed by atoms with Gasteiger partial charge in [0.05, 0.1) is 18.4 Å². The van der Waals surface area contributed by atoms with Crippen LogP contribution in [-0.2, 0) is 5.75 Å². The predicted octanol–water partition coefficient (Wildman–Crippen LogP) is 3.42. The van der Waals surface area contributed by atoms with Crippen molar-refractivity contribution in [3.05, 3.63) is 57.5 Å². The van der Waals surface area contributed by atoms with Crippen LogP contribution in [0.4, 0.5) is 0 Å². The molecule has 1 aromatic carbocycles. The number of ether oxygens (including phenoxy) is 1. The van der Waals surface area contributed by atoms with Gasteiger partial charge in [-0.1, -0.05) is 23.9 Å². The van der Waals surface area contributed by atoms with Gasteiger partial charge in [-0.3, -0.25) is 9.20 Å². The Morgan fingerprint density at radius 1 is 1.31 bits per heavy atom. The minimum absolute atomic E-state index is 0.0791. The van der Waals surface area contributed by atoms with Gasteiger partial charge in [0.2, 0.25) is 0 Å². The number of thioether (sulfide) groups is 1. The number of benzene rings is 1. The van der Waals surface area contributed by atoms with Crippen LogP contribution in [0.15, 0.2) is 50.1 Å². The van der Waals surface area contributed by atoms with E-state index in [9.17, 15) is 4.79 Å². The molecule has 0 unspecified atom stereocenters. The van der Waals surface area contributed by atoms with Crippen LogP contribution < -0.4 is 10.3 Å². The van der Waals surface area contributed by atoms with Crippen molar-refractivity contribution in [1.29, 1.82) is 0 Å². The van der Waals surface area contributed by atoms with Crippen LogP contribution in [0.25, 0.3) is 16.4 Å². The first-order valence-corrected chi connectivity index (χ1v) is 9.58. The molecule has 0 N–H and O–H groups in total. The number of aryl methyl sites for hydroxylation is 1. The van der Waals surface area contributed by atoms with E-state index in [0.717, 1.165) is 11.3 Å². The van der Waals surface area contributed by atoms with E-state index in [1.807, 2.05) is 36.6 Å². The highest BCUT2D eigenvalue weighted by molar-refractivity contribution is 7.98. The number of hydrogen-bond donors (Lipinski definition) is 0. The summed E-state index contributed by atoms with van der Waals surface area (Å²) in [5.74, 6) is 1.53. The molecule has 4 rings (SSSR count). The number of aromatic nitrogens is 4. The van der Waals surface area contributed by atoms with Gasteiger partial charge >= 0.3 is 0 Å². The maximum absolute atomic E-state index is 12.2. The highest BCUT2D eigenvalue weighted by Crippen LogP contribution is 2.31. The van der Waals surface area contributed by atoms with E-state index in [0.29, 0.717) is 33.3 Å². The Morgan fingerprint density at radius 2 is 2.15 bits per heavy atom. The van der Waals surface area contributed by atoms with Crippen LogP contribution in [0.2, 0.25) is 0 Å². The van der Waals surface area contributed by atoms with Gasteiger partial charge in [0.15, 0.2) is 4.96 Å². The second-order valence-corrected chi connectivity index (χ2v) is 7.21. The maximum atomic E-state index is 12.2. The second-order valence-electron chi connectivity index (χ2n) is 5.44. The molecule has 0 radical (unpaired) electrons. The van der Waals surface area contributed by atoms with E-state index < -0.39 is 0 Å². The number of hydrogen-bond acceptors (Lipinski definition) is 8. The number of thiazole rings is 1. The monoisotopic (exact) mass is 386 g/mol. The van der Waals surface area contributed by atoms with Crippen molar-refractivity contribution in [1.82, 2.24) is 19.6 Å². The van der Waals surface area contributed by atoms with Crippen LogP contribution >= 0.6 is 23.1 Å². The van der Waals surface area contributed by atoms with Crippen molar-refractivity contribution in [2.24, 2.45) is 0 Å². The predicted molar refractivity (Wildman–Crippen MR) is 99.9 cm³/mol. The van der Waals surface area contributed by atoms with E-state index in [1.54, 1.807) is 11.5 Å². The van der Waals surface area contributed by atoms with Gasteiger partial charge in [-0.15, -0.1) is 21.5 Å². The van der Waals surface area contributed by atoms with E-state index in [2.05, 4.69) is 15.2 Å². The lowest BCUT2D eigenvalue weighted by Crippen LogP contribution is -2.14. The van der Waals surface area contributed by atoms with E-state index in [1.165, 1.54) is 29.2 Å². The zero-order chi connectivity index (χ0) is 18.1. The second kappa shape index (κ2) is 6.93. The van der Waals surface area contributed by atoms with Gasteiger partial charge in [-0.2, -0.15) is 0 Å². The van der Waals surface area contributed by atoms with Crippen molar-refractivity contribution in [3.8, 4) is 17.2 Å². The molecule has 0 aliphatic carbocycles. The normalized spacial score (nSPS) is 11.2. The van der Waals surface area contributed by atoms with Gasteiger partial charge in [-0.05, 0) is 19.1 Å². The van der Waals surface area contributed by atoms with Crippen LogP contribution in [-0.4, -0.2) is 26.7 Å². The molecule has 0 spiro atoms. The molecule has 3 heterocycles. The lowest BCUT2D eigenvalue weighted by molar-refractivity contribution is 0.411. The van der Waals surface area contributed by atoms with Gasteiger partial charge in [0.25, 0.3) is 16.7 Å². The minimum atomic E-state index is -0.0791. The Morgan fingerprint density at radius 3 is 3.00 bits per heavy atom. The molecule has 26 heavy (non-hydrogen) atoms. The maximum Gasteiger partial charge on any atom is 0.277 e. The SMILES string of the molecule is COc1ccccc1-c1nnc(SCc2cc(=O)n3c(C)csc3n2)o1. The van der Waals surface area contributed by atoms with E-state index >= 15 is 0 Å². The minimum Gasteiger partial charge on any atom is -0.496 e. The average Bonchev–Trinajstić information content (AvgIpc) is 3.27.